The van der Waals surface area contributed by atoms with Gasteiger partial charge < -0.3 is 5.73 Å². The highest BCUT2D eigenvalue weighted by molar-refractivity contribution is 9.10. The molecule has 1 rings (SSSR count). The average Bonchev–Trinajstić information content (AvgIpc) is 2.21. The lowest BCUT2D eigenvalue weighted by Crippen LogP contribution is -2.30. The Bertz CT molecular complexity index is 288. The summed E-state index contributed by atoms with van der Waals surface area (Å²) in [4.78, 5) is 2.25. The van der Waals surface area contributed by atoms with Gasteiger partial charge in [0.1, 0.15) is 0 Å². The zero-order valence-electron chi connectivity index (χ0n) is 8.70. The van der Waals surface area contributed by atoms with Gasteiger partial charge in [-0.1, -0.05) is 41.1 Å². The predicted octanol–water partition coefficient (Wildman–Crippen LogP) is 2.40. The van der Waals surface area contributed by atoms with E-state index in [1.165, 1.54) is 5.56 Å². The molecule has 78 valence electrons. The van der Waals surface area contributed by atoms with E-state index < -0.39 is 0 Å². The van der Waals surface area contributed by atoms with Crippen LogP contribution in [-0.2, 0) is 0 Å². The Hall–Kier alpha value is -0.380. The maximum atomic E-state index is 5.79. The van der Waals surface area contributed by atoms with Crippen molar-refractivity contribution in [2.24, 2.45) is 5.73 Å². The third-order valence-electron chi connectivity index (χ3n) is 2.52. The Kier molecular flexibility index (Phi) is 4.58. The summed E-state index contributed by atoms with van der Waals surface area (Å²) in [6.45, 7) is 3.79. The molecule has 0 aliphatic heterocycles. The lowest BCUT2D eigenvalue weighted by molar-refractivity contribution is 0.263. The molecule has 14 heavy (non-hydrogen) atoms. The van der Waals surface area contributed by atoms with Crippen molar-refractivity contribution < 1.29 is 0 Å². The number of benzene rings is 1. The number of nitrogens with zero attached hydrogens (tertiary/aromatic N) is 1. The van der Waals surface area contributed by atoms with Gasteiger partial charge in [0, 0.05) is 17.1 Å². The Labute approximate surface area is 94.2 Å². The molecule has 0 bridgehead atoms. The van der Waals surface area contributed by atoms with Crippen molar-refractivity contribution >= 4 is 15.9 Å². The van der Waals surface area contributed by atoms with Gasteiger partial charge in [0.2, 0.25) is 0 Å². The number of likely N-dealkylation sites (N-methyl/N-ethyl adjacent to an activating group) is 1. The minimum Gasteiger partial charge on any atom is -0.329 e. The van der Waals surface area contributed by atoms with Gasteiger partial charge in [0.05, 0.1) is 0 Å². The predicted molar refractivity (Wildman–Crippen MR) is 64.2 cm³/mol. The van der Waals surface area contributed by atoms with E-state index in [0.717, 1.165) is 11.0 Å². The van der Waals surface area contributed by atoms with Crippen LogP contribution < -0.4 is 5.73 Å². The van der Waals surface area contributed by atoms with Crippen LogP contribution in [0.5, 0.6) is 0 Å². The number of halogens is 1. The van der Waals surface area contributed by atoms with E-state index in [2.05, 4.69) is 46.9 Å². The first-order chi connectivity index (χ1) is 6.70. The summed E-state index contributed by atoms with van der Waals surface area (Å²) in [5.41, 5.74) is 7.05. The van der Waals surface area contributed by atoms with Crippen LogP contribution in [0.4, 0.5) is 0 Å². The standard InChI is InChI=1S/C11H17BrN2/c1-3-14(2)11(8-13)9-6-4-5-7-10(9)12/h4-7,11H,3,8,13H2,1-2H3. The third kappa shape index (κ3) is 2.56. The van der Waals surface area contributed by atoms with Gasteiger partial charge in [-0.25, -0.2) is 0 Å². The first-order valence-corrected chi connectivity index (χ1v) is 5.64. The van der Waals surface area contributed by atoms with Crippen LogP contribution in [0, 0.1) is 0 Å². The summed E-state index contributed by atoms with van der Waals surface area (Å²) < 4.78 is 1.13. The van der Waals surface area contributed by atoms with Crippen molar-refractivity contribution in [3.05, 3.63) is 34.3 Å². The largest absolute Gasteiger partial charge is 0.329 e. The topological polar surface area (TPSA) is 29.3 Å². The van der Waals surface area contributed by atoms with Gasteiger partial charge in [-0.2, -0.15) is 0 Å². The van der Waals surface area contributed by atoms with Gasteiger partial charge >= 0.3 is 0 Å². The molecular formula is C11H17BrN2. The summed E-state index contributed by atoms with van der Waals surface area (Å²) in [6, 6.07) is 8.55. The molecule has 2 nitrogen and oxygen atoms in total. The maximum Gasteiger partial charge on any atom is 0.0478 e. The van der Waals surface area contributed by atoms with Gasteiger partial charge in [0.25, 0.3) is 0 Å². The van der Waals surface area contributed by atoms with Crippen molar-refractivity contribution in [1.82, 2.24) is 4.90 Å². The molecule has 1 aromatic carbocycles. The van der Waals surface area contributed by atoms with Crippen LogP contribution in [0.15, 0.2) is 28.7 Å². The summed E-state index contributed by atoms with van der Waals surface area (Å²) in [5.74, 6) is 0. The summed E-state index contributed by atoms with van der Waals surface area (Å²) in [6.07, 6.45) is 0. The van der Waals surface area contributed by atoms with E-state index in [4.69, 9.17) is 5.73 Å². The van der Waals surface area contributed by atoms with E-state index in [1.807, 2.05) is 12.1 Å². The normalized spacial score (nSPS) is 13.2. The first-order valence-electron chi connectivity index (χ1n) is 4.85. The van der Waals surface area contributed by atoms with Crippen LogP contribution >= 0.6 is 15.9 Å². The molecule has 1 atom stereocenters. The average molecular weight is 257 g/mol. The van der Waals surface area contributed by atoms with Crippen molar-refractivity contribution in [2.75, 3.05) is 20.1 Å². The minimum absolute atomic E-state index is 0.301. The number of hydrogen-bond acceptors (Lipinski definition) is 2. The molecule has 0 aromatic heterocycles. The monoisotopic (exact) mass is 256 g/mol. The molecule has 2 N–H and O–H groups in total. The van der Waals surface area contributed by atoms with E-state index in [0.29, 0.717) is 12.6 Å². The summed E-state index contributed by atoms with van der Waals surface area (Å²) in [7, 11) is 2.09. The van der Waals surface area contributed by atoms with Crippen molar-refractivity contribution in [1.29, 1.82) is 0 Å². The van der Waals surface area contributed by atoms with E-state index in [9.17, 15) is 0 Å². The van der Waals surface area contributed by atoms with Gasteiger partial charge in [-0.15, -0.1) is 0 Å². The zero-order chi connectivity index (χ0) is 10.6. The van der Waals surface area contributed by atoms with Crippen molar-refractivity contribution in [3.8, 4) is 0 Å². The Morgan fingerprint density at radius 1 is 1.43 bits per heavy atom. The maximum absolute atomic E-state index is 5.79. The van der Waals surface area contributed by atoms with Crippen molar-refractivity contribution in [2.45, 2.75) is 13.0 Å². The number of hydrogen-bond donors (Lipinski definition) is 1. The fourth-order valence-electron chi connectivity index (χ4n) is 1.51. The molecule has 0 aliphatic rings. The summed E-state index contributed by atoms with van der Waals surface area (Å²) >= 11 is 3.55. The third-order valence-corrected chi connectivity index (χ3v) is 3.24. The van der Waals surface area contributed by atoms with Crippen LogP contribution in [-0.4, -0.2) is 25.0 Å². The zero-order valence-corrected chi connectivity index (χ0v) is 10.3. The molecule has 0 fully saturated rings. The molecule has 0 amide bonds. The molecule has 0 heterocycles. The quantitative estimate of drug-likeness (QED) is 0.897. The molecule has 3 heteroatoms. The SMILES string of the molecule is CCN(C)C(CN)c1ccccc1Br. The Morgan fingerprint density at radius 2 is 2.07 bits per heavy atom. The highest BCUT2D eigenvalue weighted by atomic mass is 79.9. The molecule has 0 saturated heterocycles. The highest BCUT2D eigenvalue weighted by Gasteiger charge is 2.15. The van der Waals surface area contributed by atoms with E-state index in [-0.39, 0.29) is 0 Å². The molecule has 0 aliphatic carbocycles. The molecule has 0 spiro atoms. The second-order valence-corrected chi connectivity index (χ2v) is 4.20. The lowest BCUT2D eigenvalue weighted by atomic mass is 10.1. The van der Waals surface area contributed by atoms with Gasteiger partial charge in [-0.3, -0.25) is 4.90 Å². The smallest absolute Gasteiger partial charge is 0.0478 e. The minimum atomic E-state index is 0.301. The summed E-state index contributed by atoms with van der Waals surface area (Å²) in [5, 5.41) is 0. The van der Waals surface area contributed by atoms with Gasteiger partial charge in [0.15, 0.2) is 0 Å². The van der Waals surface area contributed by atoms with E-state index in [1.54, 1.807) is 0 Å². The van der Waals surface area contributed by atoms with Crippen LogP contribution in [0.3, 0.4) is 0 Å². The molecular weight excluding hydrogens is 240 g/mol. The fraction of sp³-hybridized carbons (Fsp3) is 0.455. The molecule has 1 unspecified atom stereocenters. The van der Waals surface area contributed by atoms with Gasteiger partial charge in [-0.05, 0) is 25.2 Å². The van der Waals surface area contributed by atoms with Crippen LogP contribution in [0.2, 0.25) is 0 Å². The Balaban J connectivity index is 2.94. The van der Waals surface area contributed by atoms with E-state index >= 15 is 0 Å². The second kappa shape index (κ2) is 5.49. The highest BCUT2D eigenvalue weighted by Crippen LogP contribution is 2.25. The fourth-order valence-corrected chi connectivity index (χ4v) is 2.06. The lowest BCUT2D eigenvalue weighted by Gasteiger charge is -2.26. The first kappa shape index (κ1) is 11.7. The number of rotatable bonds is 4. The molecule has 0 radical (unpaired) electrons. The number of nitrogens with two attached hydrogens (primary N) is 1. The second-order valence-electron chi connectivity index (χ2n) is 3.35. The van der Waals surface area contributed by atoms with Crippen molar-refractivity contribution in [3.63, 3.8) is 0 Å². The molecule has 0 saturated carbocycles. The Morgan fingerprint density at radius 3 is 2.57 bits per heavy atom. The van der Waals surface area contributed by atoms with Crippen LogP contribution in [0.25, 0.3) is 0 Å². The van der Waals surface area contributed by atoms with Crippen LogP contribution in [0.1, 0.15) is 18.5 Å². The molecule has 1 aromatic rings.